The monoisotopic (exact) mass is 441 g/mol. The maximum atomic E-state index is 12.5. The van der Waals surface area contributed by atoms with Crippen molar-refractivity contribution in [2.24, 2.45) is 0 Å². The van der Waals surface area contributed by atoms with E-state index in [2.05, 4.69) is 10.0 Å². The minimum atomic E-state index is -3.81. The van der Waals surface area contributed by atoms with Crippen LogP contribution in [-0.2, 0) is 10.0 Å². The van der Waals surface area contributed by atoms with Crippen LogP contribution in [0, 0.1) is 17.0 Å². The molecule has 1 amide bonds. The molecule has 0 fully saturated rings. The summed E-state index contributed by atoms with van der Waals surface area (Å²) in [4.78, 5) is 23.0. The average Bonchev–Trinajstić information content (AvgIpc) is 2.75. The highest BCUT2D eigenvalue weighted by Crippen LogP contribution is 2.23. The fourth-order valence-corrected chi connectivity index (χ4v) is 3.77. The number of non-ortho nitro benzene ring substituents is 1. The molecule has 0 saturated heterocycles. The van der Waals surface area contributed by atoms with E-state index in [0.29, 0.717) is 17.0 Å². The Morgan fingerprint density at radius 1 is 1.00 bits per heavy atom. The van der Waals surface area contributed by atoms with Crippen molar-refractivity contribution in [3.8, 4) is 5.75 Å². The summed E-state index contributed by atoms with van der Waals surface area (Å²) >= 11 is 0. The number of benzene rings is 3. The van der Waals surface area contributed by atoms with Gasteiger partial charge < -0.3 is 10.1 Å². The van der Waals surface area contributed by atoms with Gasteiger partial charge >= 0.3 is 0 Å². The minimum absolute atomic E-state index is 0.0660. The third kappa shape index (κ3) is 5.17. The Hall–Kier alpha value is -3.92. The smallest absolute Gasteiger partial charge is 0.271 e. The van der Waals surface area contributed by atoms with E-state index in [-0.39, 0.29) is 21.8 Å². The van der Waals surface area contributed by atoms with E-state index in [9.17, 15) is 23.3 Å². The molecule has 0 saturated carbocycles. The Bertz CT molecular complexity index is 1220. The van der Waals surface area contributed by atoms with Gasteiger partial charge in [0.2, 0.25) is 0 Å². The molecule has 0 aliphatic carbocycles. The number of aryl methyl sites for hydroxylation is 1. The molecule has 3 aromatic rings. The average molecular weight is 441 g/mol. The Morgan fingerprint density at radius 3 is 2.23 bits per heavy atom. The van der Waals surface area contributed by atoms with Gasteiger partial charge in [-0.1, -0.05) is 6.07 Å². The first-order chi connectivity index (χ1) is 14.7. The second-order valence-electron chi connectivity index (χ2n) is 6.57. The molecule has 0 aromatic heterocycles. The molecular weight excluding hydrogens is 422 g/mol. The van der Waals surface area contributed by atoms with E-state index in [0.717, 1.165) is 0 Å². The van der Waals surface area contributed by atoms with Crippen LogP contribution in [0.3, 0.4) is 0 Å². The number of nitrogens with one attached hydrogen (secondary N) is 2. The maximum Gasteiger partial charge on any atom is 0.271 e. The number of ether oxygens (including phenoxy) is 1. The number of methoxy groups -OCH3 is 1. The van der Waals surface area contributed by atoms with Crippen LogP contribution in [0.25, 0.3) is 0 Å². The van der Waals surface area contributed by atoms with Gasteiger partial charge in [0.15, 0.2) is 0 Å². The second kappa shape index (κ2) is 8.84. The topological polar surface area (TPSA) is 128 Å². The number of nitro groups is 1. The fraction of sp³-hybridized carbons (Fsp3) is 0.0952. The number of hydrogen-bond donors (Lipinski definition) is 2. The van der Waals surface area contributed by atoms with Crippen molar-refractivity contribution in [1.82, 2.24) is 0 Å². The Kier molecular flexibility index (Phi) is 6.21. The Morgan fingerprint density at radius 2 is 1.65 bits per heavy atom. The van der Waals surface area contributed by atoms with Crippen LogP contribution in [0.5, 0.6) is 5.75 Å². The minimum Gasteiger partial charge on any atom is -0.497 e. The maximum absolute atomic E-state index is 12.5. The number of nitro benzene ring substituents is 1. The van der Waals surface area contributed by atoms with Crippen LogP contribution in [0.2, 0.25) is 0 Å². The highest BCUT2D eigenvalue weighted by Gasteiger charge is 2.16. The summed E-state index contributed by atoms with van der Waals surface area (Å²) < 4.78 is 32.5. The SMILES string of the molecule is COc1ccc(S(=O)(=O)Nc2ccc(C(=O)Nc3cc([N+](=O)[O-])ccc3C)cc2)cc1. The number of nitrogens with zero attached hydrogens (tertiary/aromatic N) is 1. The molecule has 9 nitrogen and oxygen atoms in total. The van der Waals surface area contributed by atoms with Gasteiger partial charge in [-0.25, -0.2) is 8.42 Å². The predicted octanol–water partition coefficient (Wildman–Crippen LogP) is 3.96. The Balaban J connectivity index is 1.73. The van der Waals surface area contributed by atoms with Crippen LogP contribution in [0.1, 0.15) is 15.9 Å². The van der Waals surface area contributed by atoms with Gasteiger partial charge in [0.05, 0.1) is 22.6 Å². The summed E-state index contributed by atoms with van der Waals surface area (Å²) in [6, 6.07) is 15.9. The van der Waals surface area contributed by atoms with Gasteiger partial charge in [-0.2, -0.15) is 0 Å². The number of sulfonamides is 1. The number of rotatable bonds is 7. The third-order valence-corrected chi connectivity index (χ3v) is 5.85. The molecule has 0 atom stereocenters. The lowest BCUT2D eigenvalue weighted by Gasteiger charge is -2.11. The normalized spacial score (nSPS) is 10.9. The van der Waals surface area contributed by atoms with Gasteiger partial charge in [-0.05, 0) is 61.0 Å². The molecule has 0 bridgehead atoms. The molecule has 0 aliphatic rings. The fourth-order valence-electron chi connectivity index (χ4n) is 2.71. The van der Waals surface area contributed by atoms with E-state index < -0.39 is 20.9 Å². The van der Waals surface area contributed by atoms with E-state index in [1.807, 2.05) is 0 Å². The van der Waals surface area contributed by atoms with Crippen LogP contribution in [0.15, 0.2) is 71.6 Å². The summed E-state index contributed by atoms with van der Waals surface area (Å²) in [5.41, 5.74) is 1.40. The van der Waals surface area contributed by atoms with Crippen molar-refractivity contribution in [2.75, 3.05) is 17.1 Å². The molecule has 31 heavy (non-hydrogen) atoms. The molecule has 3 rings (SSSR count). The zero-order valence-electron chi connectivity index (χ0n) is 16.7. The van der Waals surface area contributed by atoms with Gasteiger partial charge in [-0.15, -0.1) is 0 Å². The lowest BCUT2D eigenvalue weighted by atomic mass is 10.1. The first kappa shape index (κ1) is 21.8. The molecule has 0 aliphatic heterocycles. The number of amides is 1. The predicted molar refractivity (Wildman–Crippen MR) is 116 cm³/mol. The van der Waals surface area contributed by atoms with Crippen LogP contribution in [-0.4, -0.2) is 26.4 Å². The number of carbonyl (C=O) groups excluding carboxylic acids is 1. The molecule has 10 heteroatoms. The van der Waals surface area contributed by atoms with E-state index >= 15 is 0 Å². The lowest BCUT2D eigenvalue weighted by molar-refractivity contribution is -0.384. The highest BCUT2D eigenvalue weighted by atomic mass is 32.2. The van der Waals surface area contributed by atoms with Crippen LogP contribution >= 0.6 is 0 Å². The lowest BCUT2D eigenvalue weighted by Crippen LogP contribution is -2.14. The van der Waals surface area contributed by atoms with Gasteiger partial charge in [0, 0.05) is 23.4 Å². The number of anilines is 2. The van der Waals surface area contributed by atoms with Crippen LogP contribution in [0.4, 0.5) is 17.1 Å². The Labute approximate surface area is 178 Å². The van der Waals surface area contributed by atoms with Crippen molar-refractivity contribution in [3.05, 3.63) is 88.0 Å². The molecule has 0 unspecified atom stereocenters. The summed E-state index contributed by atoms with van der Waals surface area (Å²) in [7, 11) is -2.32. The molecule has 160 valence electrons. The highest BCUT2D eigenvalue weighted by molar-refractivity contribution is 7.92. The van der Waals surface area contributed by atoms with Gasteiger partial charge in [0.25, 0.3) is 21.6 Å². The van der Waals surface area contributed by atoms with Gasteiger partial charge in [0.1, 0.15) is 5.75 Å². The van der Waals surface area contributed by atoms with Gasteiger partial charge in [-0.3, -0.25) is 19.6 Å². The van der Waals surface area contributed by atoms with Crippen LogP contribution < -0.4 is 14.8 Å². The second-order valence-corrected chi connectivity index (χ2v) is 8.25. The van der Waals surface area contributed by atoms with Crippen molar-refractivity contribution < 1.29 is 22.9 Å². The van der Waals surface area contributed by atoms with E-state index in [4.69, 9.17) is 4.74 Å². The van der Waals surface area contributed by atoms with Crippen molar-refractivity contribution >= 4 is 33.0 Å². The zero-order chi connectivity index (χ0) is 22.6. The van der Waals surface area contributed by atoms with E-state index in [1.54, 1.807) is 13.0 Å². The summed E-state index contributed by atoms with van der Waals surface area (Å²) in [5, 5.41) is 13.6. The molecular formula is C21H19N3O6S. The molecule has 3 aromatic carbocycles. The summed E-state index contributed by atoms with van der Waals surface area (Å²) in [6.07, 6.45) is 0. The number of hydrogen-bond acceptors (Lipinski definition) is 6. The summed E-state index contributed by atoms with van der Waals surface area (Å²) in [5.74, 6) is 0.0569. The third-order valence-electron chi connectivity index (χ3n) is 4.45. The zero-order valence-corrected chi connectivity index (χ0v) is 17.5. The molecule has 2 N–H and O–H groups in total. The number of carbonyl (C=O) groups is 1. The molecule has 0 spiro atoms. The van der Waals surface area contributed by atoms with Crippen molar-refractivity contribution in [3.63, 3.8) is 0 Å². The van der Waals surface area contributed by atoms with Crippen molar-refractivity contribution in [1.29, 1.82) is 0 Å². The quantitative estimate of drug-likeness (QED) is 0.422. The first-order valence-corrected chi connectivity index (χ1v) is 10.5. The standard InChI is InChI=1S/C21H19N3O6S/c1-14-3-8-17(24(26)27)13-20(14)22-21(25)15-4-6-16(7-5-15)23-31(28,29)19-11-9-18(30-2)10-12-19/h3-13,23H,1-2H3,(H,22,25). The summed E-state index contributed by atoms with van der Waals surface area (Å²) in [6.45, 7) is 1.72. The molecule has 0 heterocycles. The largest absolute Gasteiger partial charge is 0.497 e. The van der Waals surface area contributed by atoms with E-state index in [1.165, 1.54) is 67.8 Å². The van der Waals surface area contributed by atoms with Crippen molar-refractivity contribution in [2.45, 2.75) is 11.8 Å². The molecule has 0 radical (unpaired) electrons. The first-order valence-electron chi connectivity index (χ1n) is 9.03.